The first-order chi connectivity index (χ1) is 17.1. The minimum absolute atomic E-state index is 0.0519. The molecule has 3 aliphatic rings. The Morgan fingerprint density at radius 1 is 1.06 bits per heavy atom. The number of carbonyl (C=O) groups is 1. The first kappa shape index (κ1) is 24.6. The maximum Gasteiger partial charge on any atom is 0.574 e. The SMILES string of the molecule is C[C@@H]1CN(c2cnc(OC(F)(F)F)cn2)[C@@H](C)CN1C(=O)OC1CC2(C1)CN(Cc1ccccc1)C2. The summed E-state index contributed by atoms with van der Waals surface area (Å²) in [6, 6.07) is 10.2. The van der Waals surface area contributed by atoms with Crippen LogP contribution < -0.4 is 9.64 Å². The Bertz CT molecular complexity index is 1050. The zero-order valence-electron chi connectivity index (χ0n) is 20.3. The topological polar surface area (TPSA) is 71.0 Å². The van der Waals surface area contributed by atoms with Crippen LogP contribution in [0, 0.1) is 5.41 Å². The number of likely N-dealkylation sites (tertiary alicyclic amines) is 1. The molecule has 2 aromatic rings. The van der Waals surface area contributed by atoms with E-state index in [0.717, 1.165) is 38.7 Å². The summed E-state index contributed by atoms with van der Waals surface area (Å²) in [5.41, 5.74) is 1.59. The second kappa shape index (κ2) is 9.42. The van der Waals surface area contributed by atoms with E-state index in [9.17, 15) is 18.0 Å². The average molecular weight is 506 g/mol. The molecule has 5 rings (SSSR count). The molecule has 11 heteroatoms. The number of anilines is 1. The van der Waals surface area contributed by atoms with Crippen molar-refractivity contribution in [3.8, 4) is 5.88 Å². The number of nitrogens with zero attached hydrogens (tertiary/aromatic N) is 5. The second-order valence-electron chi connectivity index (χ2n) is 10.3. The summed E-state index contributed by atoms with van der Waals surface area (Å²) in [5.74, 6) is -0.176. The van der Waals surface area contributed by atoms with E-state index < -0.39 is 12.2 Å². The molecule has 1 saturated carbocycles. The number of ether oxygens (including phenoxy) is 2. The number of carbonyl (C=O) groups excluding carboxylic acids is 1. The Kier molecular flexibility index (Phi) is 6.44. The molecular weight excluding hydrogens is 475 g/mol. The molecule has 1 aromatic heterocycles. The van der Waals surface area contributed by atoms with Gasteiger partial charge in [-0.3, -0.25) is 4.90 Å². The maximum absolute atomic E-state index is 12.9. The van der Waals surface area contributed by atoms with Crippen molar-refractivity contribution in [2.45, 2.75) is 57.8 Å². The van der Waals surface area contributed by atoms with E-state index in [1.807, 2.05) is 24.8 Å². The van der Waals surface area contributed by atoms with Gasteiger partial charge in [0.1, 0.15) is 11.9 Å². The number of amides is 1. The minimum atomic E-state index is -4.82. The first-order valence-corrected chi connectivity index (χ1v) is 12.2. The van der Waals surface area contributed by atoms with Gasteiger partial charge in [-0.25, -0.2) is 14.8 Å². The number of alkyl halides is 3. The molecule has 1 spiro atoms. The van der Waals surface area contributed by atoms with Crippen LogP contribution in [0.5, 0.6) is 5.88 Å². The Labute approximate surface area is 208 Å². The van der Waals surface area contributed by atoms with Gasteiger partial charge in [-0.1, -0.05) is 30.3 Å². The molecule has 0 bridgehead atoms. The van der Waals surface area contributed by atoms with E-state index in [0.29, 0.717) is 18.9 Å². The number of piperazine rings is 1. The van der Waals surface area contributed by atoms with Crippen LogP contribution >= 0.6 is 0 Å². The summed E-state index contributed by atoms with van der Waals surface area (Å²) in [6.45, 7) is 7.77. The predicted octanol–water partition coefficient (Wildman–Crippen LogP) is 4.08. The molecule has 3 heterocycles. The molecule has 0 unspecified atom stereocenters. The second-order valence-corrected chi connectivity index (χ2v) is 10.3. The summed E-state index contributed by atoms with van der Waals surface area (Å²) < 4.78 is 46.7. The van der Waals surface area contributed by atoms with Crippen LogP contribution in [0.3, 0.4) is 0 Å². The lowest BCUT2D eigenvalue weighted by molar-refractivity contribution is -0.276. The van der Waals surface area contributed by atoms with Crippen molar-refractivity contribution in [1.29, 1.82) is 0 Å². The molecule has 0 N–H and O–H groups in total. The molecule has 3 fully saturated rings. The van der Waals surface area contributed by atoms with Crippen molar-refractivity contribution < 1.29 is 27.4 Å². The highest BCUT2D eigenvalue weighted by Gasteiger charge is 2.54. The van der Waals surface area contributed by atoms with E-state index >= 15 is 0 Å². The molecule has 1 aliphatic carbocycles. The molecule has 1 aromatic carbocycles. The molecule has 36 heavy (non-hydrogen) atoms. The van der Waals surface area contributed by atoms with Crippen LogP contribution in [0.25, 0.3) is 0 Å². The van der Waals surface area contributed by atoms with Crippen molar-refractivity contribution in [2.24, 2.45) is 5.41 Å². The van der Waals surface area contributed by atoms with Gasteiger partial charge in [0.15, 0.2) is 0 Å². The molecule has 194 valence electrons. The molecule has 1 amide bonds. The molecule has 8 nitrogen and oxygen atoms in total. The van der Waals surface area contributed by atoms with E-state index in [4.69, 9.17) is 4.74 Å². The summed E-state index contributed by atoms with van der Waals surface area (Å²) in [4.78, 5) is 26.8. The zero-order valence-corrected chi connectivity index (χ0v) is 20.3. The van der Waals surface area contributed by atoms with Gasteiger partial charge in [0.25, 0.3) is 0 Å². The Morgan fingerprint density at radius 2 is 1.78 bits per heavy atom. The number of benzene rings is 1. The van der Waals surface area contributed by atoms with Crippen molar-refractivity contribution in [3.63, 3.8) is 0 Å². The summed E-state index contributed by atoms with van der Waals surface area (Å²) >= 11 is 0. The Balaban J connectivity index is 1.08. The van der Waals surface area contributed by atoms with Gasteiger partial charge in [-0.2, -0.15) is 0 Å². The lowest BCUT2D eigenvalue weighted by Gasteiger charge is -2.58. The Morgan fingerprint density at radius 3 is 2.42 bits per heavy atom. The van der Waals surface area contributed by atoms with Crippen LogP contribution in [0.4, 0.5) is 23.8 Å². The number of hydrogen-bond donors (Lipinski definition) is 0. The lowest BCUT2D eigenvalue weighted by Crippen LogP contribution is -2.64. The van der Waals surface area contributed by atoms with Crippen molar-refractivity contribution >= 4 is 11.9 Å². The first-order valence-electron chi connectivity index (χ1n) is 12.2. The van der Waals surface area contributed by atoms with Crippen LogP contribution in [-0.2, 0) is 11.3 Å². The predicted molar refractivity (Wildman–Crippen MR) is 125 cm³/mol. The van der Waals surface area contributed by atoms with Crippen LogP contribution in [0.1, 0.15) is 32.3 Å². The lowest BCUT2D eigenvalue weighted by atomic mass is 9.61. The van der Waals surface area contributed by atoms with Crippen LogP contribution in [0.2, 0.25) is 0 Å². The summed E-state index contributed by atoms with van der Waals surface area (Å²) in [7, 11) is 0. The highest BCUT2D eigenvalue weighted by atomic mass is 19.4. The van der Waals surface area contributed by atoms with Gasteiger partial charge in [0, 0.05) is 50.2 Å². The van der Waals surface area contributed by atoms with Crippen molar-refractivity contribution in [3.05, 3.63) is 48.3 Å². The van der Waals surface area contributed by atoms with Gasteiger partial charge in [0.05, 0.1) is 12.4 Å². The zero-order chi connectivity index (χ0) is 25.5. The fraction of sp³-hybridized carbons (Fsp3) is 0.560. The van der Waals surface area contributed by atoms with E-state index in [-0.39, 0.29) is 29.7 Å². The van der Waals surface area contributed by atoms with E-state index in [1.54, 1.807) is 4.90 Å². The number of halogens is 3. The number of rotatable bonds is 5. The van der Waals surface area contributed by atoms with Crippen LogP contribution in [-0.4, -0.2) is 76.6 Å². The van der Waals surface area contributed by atoms with Gasteiger partial charge < -0.3 is 19.3 Å². The molecule has 2 atom stereocenters. The van der Waals surface area contributed by atoms with Crippen LogP contribution in [0.15, 0.2) is 42.7 Å². The largest absolute Gasteiger partial charge is 0.574 e. The maximum atomic E-state index is 12.9. The van der Waals surface area contributed by atoms with E-state index in [1.165, 1.54) is 11.8 Å². The third-order valence-electron chi connectivity index (χ3n) is 7.31. The normalized spacial score (nSPS) is 24.2. The third-order valence-corrected chi connectivity index (χ3v) is 7.31. The quantitative estimate of drug-likeness (QED) is 0.607. The summed E-state index contributed by atoms with van der Waals surface area (Å²) in [6.07, 6.45) is -1.17. The van der Waals surface area contributed by atoms with Crippen molar-refractivity contribution in [1.82, 2.24) is 19.8 Å². The smallest absolute Gasteiger partial charge is 0.446 e. The van der Waals surface area contributed by atoms with Crippen molar-refractivity contribution in [2.75, 3.05) is 31.1 Å². The third kappa shape index (κ3) is 5.35. The number of aromatic nitrogens is 2. The van der Waals surface area contributed by atoms with Gasteiger partial charge in [-0.15, -0.1) is 13.2 Å². The minimum Gasteiger partial charge on any atom is -0.446 e. The standard InChI is InChI=1S/C25H30F3N5O3/c1-17-13-33(18(2)12-32(17)21-10-30-22(11-29-21)36-25(26,27)28)23(34)35-20-8-24(9-20)15-31(16-24)14-19-6-4-3-5-7-19/h3-7,10-11,17-18,20H,8-9,12-16H2,1-2H3/t17-,18+/m0/s1. The monoisotopic (exact) mass is 505 g/mol. The molecular formula is C25H30F3N5O3. The Hall–Kier alpha value is -3.08. The van der Waals surface area contributed by atoms with Gasteiger partial charge in [-0.05, 0) is 32.3 Å². The number of hydrogen-bond acceptors (Lipinski definition) is 7. The fourth-order valence-corrected chi connectivity index (χ4v) is 5.64. The van der Waals surface area contributed by atoms with E-state index in [2.05, 4.69) is 43.9 Å². The van der Waals surface area contributed by atoms with Gasteiger partial charge in [0.2, 0.25) is 5.88 Å². The highest BCUT2D eigenvalue weighted by Crippen LogP contribution is 2.50. The average Bonchev–Trinajstić information content (AvgIpc) is 2.77. The molecule has 2 aliphatic heterocycles. The fourth-order valence-electron chi connectivity index (χ4n) is 5.64. The van der Waals surface area contributed by atoms with Gasteiger partial charge >= 0.3 is 12.5 Å². The summed E-state index contributed by atoms with van der Waals surface area (Å²) in [5, 5.41) is 0. The molecule has 2 saturated heterocycles. The molecule has 0 radical (unpaired) electrons. The highest BCUT2D eigenvalue weighted by molar-refractivity contribution is 5.69.